The second-order valence-corrected chi connectivity index (χ2v) is 3.10. The van der Waals surface area contributed by atoms with E-state index in [4.69, 9.17) is 0 Å². The van der Waals surface area contributed by atoms with Gasteiger partial charge in [0.15, 0.2) is 0 Å². The van der Waals surface area contributed by atoms with E-state index in [0.717, 1.165) is 10.9 Å². The molecule has 0 aliphatic carbocycles. The van der Waals surface area contributed by atoms with Crippen LogP contribution < -0.4 is 0 Å². The van der Waals surface area contributed by atoms with Crippen molar-refractivity contribution in [3.63, 3.8) is 0 Å². The van der Waals surface area contributed by atoms with Gasteiger partial charge in [0.2, 0.25) is 0 Å². The Labute approximate surface area is 72.9 Å². The van der Waals surface area contributed by atoms with Gasteiger partial charge >= 0.3 is 0 Å². The van der Waals surface area contributed by atoms with Crippen LogP contribution in [-0.2, 0) is 11.3 Å². The van der Waals surface area contributed by atoms with Crippen LogP contribution >= 0.6 is 0 Å². The normalized spacial score (nSPS) is 10.0. The maximum atomic E-state index is 10.5. The zero-order chi connectivity index (χ0) is 8.39. The van der Waals surface area contributed by atoms with Gasteiger partial charge in [-0.1, -0.05) is 18.2 Å². The van der Waals surface area contributed by atoms with Crippen LogP contribution in [0.5, 0.6) is 0 Å². The van der Waals surface area contributed by atoms with E-state index in [-0.39, 0.29) is 0 Å². The molecule has 1 heterocycles. The fraction of sp³-hybridized carbons (Fsp3) is 0. The number of rotatable bonds is 0. The number of aromatic amines is 1. The van der Waals surface area contributed by atoms with E-state index < -0.39 is 0 Å². The Kier molecular flexibility index (Phi) is 1.80. The summed E-state index contributed by atoms with van der Waals surface area (Å²) in [5.74, 6) is 0. The first-order valence-corrected chi connectivity index (χ1v) is 4.35. The molecule has 12 heavy (non-hydrogen) atoms. The summed E-state index contributed by atoms with van der Waals surface area (Å²) in [6, 6.07) is 11.6. The van der Waals surface area contributed by atoms with E-state index in [1.807, 2.05) is 30.3 Å². The number of benzene rings is 1. The molecule has 0 saturated heterocycles. The number of hydrogen-bond donors (Lipinski definition) is 1. The number of aromatic nitrogens is 1. The van der Waals surface area contributed by atoms with Gasteiger partial charge in [-0.2, -0.15) is 0 Å². The van der Waals surface area contributed by atoms with Gasteiger partial charge < -0.3 is 4.98 Å². The van der Waals surface area contributed by atoms with Crippen molar-refractivity contribution >= 4 is 22.2 Å². The maximum absolute atomic E-state index is 10.5. The molecule has 2 nitrogen and oxygen atoms in total. The number of para-hydroxylation sites is 1. The van der Waals surface area contributed by atoms with Crippen LogP contribution in [0.2, 0.25) is 0 Å². The van der Waals surface area contributed by atoms with E-state index in [1.165, 1.54) is 0 Å². The molecule has 0 radical (unpaired) electrons. The molecule has 0 bridgehead atoms. The monoisotopic (exact) mass is 177 g/mol. The fourth-order valence-electron chi connectivity index (χ4n) is 1.14. The molecular weight excluding hydrogens is 170 g/mol. The third-order valence-corrected chi connectivity index (χ3v) is 2.14. The van der Waals surface area contributed by atoms with Gasteiger partial charge in [0.25, 0.3) is 0 Å². The summed E-state index contributed by atoms with van der Waals surface area (Å²) in [5.41, 5.74) is 0.998. The average molecular weight is 177 g/mol. The lowest BCUT2D eigenvalue weighted by Crippen LogP contribution is -1.78. The fourth-order valence-corrected chi connectivity index (χ4v) is 1.42. The molecule has 0 amide bonds. The van der Waals surface area contributed by atoms with Crippen LogP contribution in [0.3, 0.4) is 0 Å². The number of H-pyrrole nitrogens is 1. The molecule has 0 saturated carbocycles. The van der Waals surface area contributed by atoms with E-state index in [2.05, 4.69) is 4.98 Å². The van der Waals surface area contributed by atoms with Crippen LogP contribution in [0.4, 0.5) is 0 Å². The molecule has 1 aromatic heterocycles. The van der Waals surface area contributed by atoms with Crippen LogP contribution in [0.25, 0.3) is 10.9 Å². The standard InChI is InChI=1S/C9H7NOS/c11-12-9-6-5-7-3-1-2-4-8(7)10-9/h1-6,10H. The Hall–Kier alpha value is -1.35. The zero-order valence-corrected chi connectivity index (χ0v) is 7.10. The molecule has 0 aliphatic rings. The third kappa shape index (κ3) is 1.19. The first-order chi connectivity index (χ1) is 5.90. The Morgan fingerprint density at radius 3 is 2.75 bits per heavy atom. The number of pyridine rings is 1. The number of nitrogens with one attached hydrogen (secondary N) is 1. The minimum absolute atomic E-state index is 0.478. The topological polar surface area (TPSA) is 32.9 Å². The molecule has 2 aromatic rings. The van der Waals surface area contributed by atoms with Crippen LogP contribution in [0.1, 0.15) is 0 Å². The lowest BCUT2D eigenvalue weighted by Gasteiger charge is -1.94. The highest BCUT2D eigenvalue weighted by atomic mass is 32.1. The Bertz CT molecular complexity index is 497. The van der Waals surface area contributed by atoms with E-state index >= 15 is 0 Å². The highest BCUT2D eigenvalue weighted by Crippen LogP contribution is 2.08. The van der Waals surface area contributed by atoms with Crippen molar-refractivity contribution in [2.75, 3.05) is 0 Å². The smallest absolute Gasteiger partial charge is 0.134 e. The van der Waals surface area contributed by atoms with Crippen molar-refractivity contribution in [3.05, 3.63) is 41.0 Å². The van der Waals surface area contributed by atoms with Crippen molar-refractivity contribution in [1.29, 1.82) is 0 Å². The molecule has 0 unspecified atom stereocenters. The highest BCUT2D eigenvalue weighted by molar-refractivity contribution is 7.56. The minimum Gasteiger partial charge on any atom is -0.344 e. The van der Waals surface area contributed by atoms with Crippen LogP contribution in [-0.4, -0.2) is 9.19 Å². The highest BCUT2D eigenvalue weighted by Gasteiger charge is 1.88. The molecule has 60 valence electrons. The Balaban J connectivity index is 2.94. The van der Waals surface area contributed by atoms with Gasteiger partial charge in [0.05, 0.1) is 0 Å². The SMILES string of the molecule is O=S=c1ccc2ccccc2[nH]1. The maximum Gasteiger partial charge on any atom is 0.134 e. The van der Waals surface area contributed by atoms with E-state index in [1.54, 1.807) is 6.07 Å². The van der Waals surface area contributed by atoms with Crippen LogP contribution in [0, 0.1) is 4.64 Å². The average Bonchev–Trinajstić information content (AvgIpc) is 2.17. The van der Waals surface area contributed by atoms with Gasteiger partial charge in [-0.05, 0) is 23.6 Å². The molecule has 2 rings (SSSR count). The lowest BCUT2D eigenvalue weighted by atomic mass is 10.2. The molecule has 3 heteroatoms. The van der Waals surface area contributed by atoms with Gasteiger partial charge in [-0.15, -0.1) is 0 Å². The molecule has 1 aromatic carbocycles. The van der Waals surface area contributed by atoms with E-state index in [0.29, 0.717) is 15.9 Å². The van der Waals surface area contributed by atoms with Crippen molar-refractivity contribution in [2.24, 2.45) is 0 Å². The summed E-state index contributed by atoms with van der Waals surface area (Å²) < 4.78 is 11.1. The number of fused-ring (bicyclic) bond motifs is 1. The predicted octanol–water partition coefficient (Wildman–Crippen LogP) is 1.91. The van der Waals surface area contributed by atoms with Gasteiger partial charge in [0, 0.05) is 5.52 Å². The summed E-state index contributed by atoms with van der Waals surface area (Å²) in [6.07, 6.45) is 0. The van der Waals surface area contributed by atoms with Crippen molar-refractivity contribution < 1.29 is 4.21 Å². The molecule has 1 N–H and O–H groups in total. The second-order valence-electron chi connectivity index (χ2n) is 2.49. The Morgan fingerprint density at radius 1 is 1.08 bits per heavy atom. The molecule has 0 spiro atoms. The first-order valence-electron chi connectivity index (χ1n) is 3.61. The Morgan fingerprint density at radius 2 is 1.92 bits per heavy atom. The first kappa shape index (κ1) is 7.31. The number of hydrogen-bond acceptors (Lipinski definition) is 1. The lowest BCUT2D eigenvalue weighted by molar-refractivity contribution is 0.699. The predicted molar refractivity (Wildman–Crippen MR) is 49.7 cm³/mol. The van der Waals surface area contributed by atoms with Gasteiger partial charge in [-0.3, -0.25) is 0 Å². The molecule has 0 aliphatic heterocycles. The van der Waals surface area contributed by atoms with Gasteiger partial charge in [0.1, 0.15) is 15.9 Å². The summed E-state index contributed by atoms with van der Waals surface area (Å²) in [7, 11) is 0. The summed E-state index contributed by atoms with van der Waals surface area (Å²) >= 11 is 0.478. The van der Waals surface area contributed by atoms with Gasteiger partial charge in [-0.25, -0.2) is 4.21 Å². The quantitative estimate of drug-likeness (QED) is 0.613. The summed E-state index contributed by atoms with van der Waals surface area (Å²) in [4.78, 5) is 3.03. The van der Waals surface area contributed by atoms with Crippen molar-refractivity contribution in [2.45, 2.75) is 0 Å². The summed E-state index contributed by atoms with van der Waals surface area (Å²) in [5, 5.41) is 1.12. The largest absolute Gasteiger partial charge is 0.344 e. The van der Waals surface area contributed by atoms with Crippen LogP contribution in [0.15, 0.2) is 36.4 Å². The minimum atomic E-state index is 0.478. The zero-order valence-electron chi connectivity index (χ0n) is 6.28. The van der Waals surface area contributed by atoms with Crippen molar-refractivity contribution in [3.8, 4) is 0 Å². The molecule has 0 fully saturated rings. The summed E-state index contributed by atoms with van der Waals surface area (Å²) in [6.45, 7) is 0. The third-order valence-electron chi connectivity index (χ3n) is 1.72. The van der Waals surface area contributed by atoms with E-state index in [9.17, 15) is 4.21 Å². The second kappa shape index (κ2) is 2.95. The molecular formula is C9H7NOS. The molecule has 0 atom stereocenters. The van der Waals surface area contributed by atoms with Crippen molar-refractivity contribution in [1.82, 2.24) is 4.98 Å².